The van der Waals surface area contributed by atoms with Gasteiger partial charge in [0.15, 0.2) is 5.82 Å². The fraction of sp³-hybridized carbons (Fsp3) is 0.0952. The van der Waals surface area contributed by atoms with Crippen LogP contribution >= 0.6 is 0 Å². The second-order valence-electron chi connectivity index (χ2n) is 6.05. The molecule has 2 aromatic carbocycles. The fourth-order valence-corrected chi connectivity index (χ4v) is 2.90. The van der Waals surface area contributed by atoms with Crippen LogP contribution in [0.2, 0.25) is 0 Å². The van der Waals surface area contributed by atoms with E-state index in [1.54, 1.807) is 24.5 Å². The molecule has 0 saturated carbocycles. The molecule has 2 aromatic heterocycles. The molecule has 0 aliphatic rings. The van der Waals surface area contributed by atoms with Gasteiger partial charge in [0.25, 0.3) is 0 Å². The van der Waals surface area contributed by atoms with Crippen molar-refractivity contribution < 1.29 is 4.39 Å². The standard InChI is InChI=1S/C21H17FN4/c22-17-7-5-16(6-8-17)14-24-21-19-4-2-1-3-18(19)20(25-26-21)13-15-9-11-23-12-10-15/h1-12H,13-14H2,(H,24,26). The Balaban J connectivity index is 1.62. The highest BCUT2D eigenvalue weighted by Gasteiger charge is 2.09. The SMILES string of the molecule is Fc1ccc(CNc2nnc(Cc3ccncc3)c3ccccc23)cc1. The van der Waals surface area contributed by atoms with E-state index in [4.69, 9.17) is 0 Å². The summed E-state index contributed by atoms with van der Waals surface area (Å²) < 4.78 is 13.0. The van der Waals surface area contributed by atoms with Crippen molar-refractivity contribution in [1.82, 2.24) is 15.2 Å². The van der Waals surface area contributed by atoms with E-state index in [9.17, 15) is 4.39 Å². The van der Waals surface area contributed by atoms with Gasteiger partial charge in [-0.15, -0.1) is 5.10 Å². The minimum absolute atomic E-state index is 0.237. The molecule has 0 unspecified atom stereocenters. The van der Waals surface area contributed by atoms with Crippen LogP contribution in [0.1, 0.15) is 16.8 Å². The summed E-state index contributed by atoms with van der Waals surface area (Å²) in [6.45, 7) is 0.558. The predicted molar refractivity (Wildman–Crippen MR) is 100 cm³/mol. The van der Waals surface area contributed by atoms with Gasteiger partial charge in [0.1, 0.15) is 5.82 Å². The van der Waals surface area contributed by atoms with Crippen molar-refractivity contribution in [1.29, 1.82) is 0 Å². The summed E-state index contributed by atoms with van der Waals surface area (Å²) in [7, 11) is 0. The van der Waals surface area contributed by atoms with Gasteiger partial charge in [-0.2, -0.15) is 5.10 Å². The Kier molecular flexibility index (Phi) is 4.51. The lowest BCUT2D eigenvalue weighted by molar-refractivity contribution is 0.627. The monoisotopic (exact) mass is 344 g/mol. The van der Waals surface area contributed by atoms with Crippen LogP contribution in [0.4, 0.5) is 10.2 Å². The normalized spacial score (nSPS) is 10.8. The van der Waals surface area contributed by atoms with E-state index in [1.807, 2.05) is 30.3 Å². The van der Waals surface area contributed by atoms with Crippen LogP contribution in [0.3, 0.4) is 0 Å². The van der Waals surface area contributed by atoms with Crippen LogP contribution < -0.4 is 5.32 Å². The number of pyridine rings is 1. The van der Waals surface area contributed by atoms with Gasteiger partial charge < -0.3 is 5.32 Å². The first-order valence-corrected chi connectivity index (χ1v) is 8.41. The zero-order chi connectivity index (χ0) is 17.8. The van der Waals surface area contributed by atoms with Crippen molar-refractivity contribution in [3.05, 3.63) is 95.7 Å². The molecular weight excluding hydrogens is 327 g/mol. The van der Waals surface area contributed by atoms with Crippen LogP contribution in [-0.2, 0) is 13.0 Å². The zero-order valence-electron chi connectivity index (χ0n) is 14.1. The van der Waals surface area contributed by atoms with Gasteiger partial charge in [0, 0.05) is 36.1 Å². The van der Waals surface area contributed by atoms with Crippen LogP contribution in [0.25, 0.3) is 10.8 Å². The van der Waals surface area contributed by atoms with Crippen molar-refractivity contribution in [3.8, 4) is 0 Å². The van der Waals surface area contributed by atoms with Crippen molar-refractivity contribution in [2.24, 2.45) is 0 Å². The summed E-state index contributed by atoms with van der Waals surface area (Å²) in [5.41, 5.74) is 3.06. The highest BCUT2D eigenvalue weighted by molar-refractivity contribution is 5.93. The van der Waals surface area contributed by atoms with Crippen LogP contribution in [-0.4, -0.2) is 15.2 Å². The number of nitrogens with one attached hydrogen (secondary N) is 1. The molecule has 1 N–H and O–H groups in total. The maximum Gasteiger partial charge on any atom is 0.156 e. The molecule has 0 amide bonds. The number of rotatable bonds is 5. The maximum absolute atomic E-state index is 13.0. The molecule has 0 saturated heterocycles. The summed E-state index contributed by atoms with van der Waals surface area (Å²) in [6, 6.07) is 18.5. The second-order valence-corrected chi connectivity index (χ2v) is 6.05. The molecule has 2 heterocycles. The second kappa shape index (κ2) is 7.27. The average Bonchev–Trinajstić information content (AvgIpc) is 2.69. The number of aromatic nitrogens is 3. The number of benzene rings is 2. The molecule has 0 aliphatic heterocycles. The topological polar surface area (TPSA) is 50.7 Å². The largest absolute Gasteiger partial charge is 0.364 e. The molecule has 0 bridgehead atoms. The Morgan fingerprint density at radius 3 is 2.27 bits per heavy atom. The molecule has 26 heavy (non-hydrogen) atoms. The Morgan fingerprint density at radius 2 is 1.50 bits per heavy atom. The fourth-order valence-electron chi connectivity index (χ4n) is 2.90. The zero-order valence-corrected chi connectivity index (χ0v) is 14.1. The lowest BCUT2D eigenvalue weighted by atomic mass is 10.0. The molecule has 5 heteroatoms. The van der Waals surface area contributed by atoms with Gasteiger partial charge in [-0.05, 0) is 35.4 Å². The Hall–Kier alpha value is -3.34. The Bertz CT molecular complexity index is 1020. The quantitative estimate of drug-likeness (QED) is 0.584. The van der Waals surface area contributed by atoms with Crippen LogP contribution in [0.5, 0.6) is 0 Å². The highest BCUT2D eigenvalue weighted by atomic mass is 19.1. The van der Waals surface area contributed by atoms with Crippen molar-refractivity contribution in [2.45, 2.75) is 13.0 Å². The third kappa shape index (κ3) is 3.52. The van der Waals surface area contributed by atoms with E-state index in [-0.39, 0.29) is 5.82 Å². The predicted octanol–water partition coefficient (Wildman–Crippen LogP) is 4.37. The molecule has 4 rings (SSSR count). The summed E-state index contributed by atoms with van der Waals surface area (Å²) in [6.07, 6.45) is 4.27. The van der Waals surface area contributed by atoms with Crippen molar-refractivity contribution in [3.63, 3.8) is 0 Å². The minimum atomic E-state index is -0.237. The van der Waals surface area contributed by atoms with E-state index in [1.165, 1.54) is 12.1 Å². The third-order valence-electron chi connectivity index (χ3n) is 4.26. The van der Waals surface area contributed by atoms with E-state index < -0.39 is 0 Å². The molecule has 0 atom stereocenters. The van der Waals surface area contributed by atoms with Gasteiger partial charge in [-0.3, -0.25) is 4.98 Å². The van der Waals surface area contributed by atoms with Gasteiger partial charge >= 0.3 is 0 Å². The summed E-state index contributed by atoms with van der Waals surface area (Å²) in [5.74, 6) is 0.489. The summed E-state index contributed by atoms with van der Waals surface area (Å²) in [4.78, 5) is 4.05. The third-order valence-corrected chi connectivity index (χ3v) is 4.26. The van der Waals surface area contributed by atoms with E-state index in [0.717, 1.165) is 33.4 Å². The number of fused-ring (bicyclic) bond motifs is 1. The average molecular weight is 344 g/mol. The molecular formula is C21H17FN4. The molecule has 4 nitrogen and oxygen atoms in total. The van der Waals surface area contributed by atoms with Crippen molar-refractivity contribution in [2.75, 3.05) is 5.32 Å². The van der Waals surface area contributed by atoms with Gasteiger partial charge in [0.2, 0.25) is 0 Å². The van der Waals surface area contributed by atoms with Crippen LogP contribution in [0.15, 0.2) is 73.1 Å². The first kappa shape index (κ1) is 16.1. The highest BCUT2D eigenvalue weighted by Crippen LogP contribution is 2.24. The van der Waals surface area contributed by atoms with Gasteiger partial charge in [-0.25, -0.2) is 4.39 Å². The summed E-state index contributed by atoms with van der Waals surface area (Å²) in [5, 5.41) is 14.2. The molecule has 4 aromatic rings. The van der Waals surface area contributed by atoms with E-state index in [0.29, 0.717) is 13.0 Å². The number of nitrogens with zero attached hydrogens (tertiary/aromatic N) is 3. The van der Waals surface area contributed by atoms with Gasteiger partial charge in [0.05, 0.1) is 5.69 Å². The Labute approximate surface area is 150 Å². The number of hydrogen-bond acceptors (Lipinski definition) is 4. The first-order chi connectivity index (χ1) is 12.8. The number of hydrogen-bond donors (Lipinski definition) is 1. The molecule has 0 fully saturated rings. The minimum Gasteiger partial charge on any atom is -0.364 e. The lowest BCUT2D eigenvalue weighted by Crippen LogP contribution is -2.05. The maximum atomic E-state index is 13.0. The molecule has 0 spiro atoms. The van der Waals surface area contributed by atoms with Crippen LogP contribution in [0, 0.1) is 5.82 Å². The first-order valence-electron chi connectivity index (χ1n) is 8.41. The van der Waals surface area contributed by atoms with E-state index >= 15 is 0 Å². The molecule has 0 aliphatic carbocycles. The van der Waals surface area contributed by atoms with Gasteiger partial charge in [-0.1, -0.05) is 36.4 Å². The number of halogens is 1. The van der Waals surface area contributed by atoms with Crippen molar-refractivity contribution >= 4 is 16.6 Å². The summed E-state index contributed by atoms with van der Waals surface area (Å²) >= 11 is 0. The lowest BCUT2D eigenvalue weighted by Gasteiger charge is -2.11. The van der Waals surface area contributed by atoms with E-state index in [2.05, 4.69) is 26.6 Å². The molecule has 0 radical (unpaired) electrons. The molecule has 128 valence electrons. The smallest absolute Gasteiger partial charge is 0.156 e. The Morgan fingerprint density at radius 1 is 0.769 bits per heavy atom. The number of anilines is 1.